The van der Waals surface area contributed by atoms with Crippen molar-refractivity contribution in [3.63, 3.8) is 0 Å². The molecule has 0 amide bonds. The van der Waals surface area contributed by atoms with Gasteiger partial charge in [0, 0.05) is 0 Å². The van der Waals surface area contributed by atoms with E-state index in [1.54, 1.807) is 10.4 Å². The molecule has 0 heterocycles. The summed E-state index contributed by atoms with van der Waals surface area (Å²) in [4.78, 5) is 0. The Hall–Kier alpha value is -2.75. The Morgan fingerprint density at radius 2 is 0.974 bits per heavy atom. The molecular weight excluding hydrogens is 462 g/mol. The normalized spacial score (nSPS) is 11.3. The summed E-state index contributed by atoms with van der Waals surface area (Å²) in [5, 5.41) is 14.4. The van der Waals surface area contributed by atoms with Crippen molar-refractivity contribution in [3.05, 3.63) is 132 Å². The number of fused-ring (bicyclic) bond motifs is 6. The number of rotatable bonds is 4. The molecule has 3 heteroatoms. The van der Waals surface area contributed by atoms with Crippen LogP contribution in [-0.2, 0) is 6.04 Å². The third-order valence-corrected chi connectivity index (χ3v) is 11.8. The molecule has 0 aromatic heterocycles. The zero-order valence-electron chi connectivity index (χ0n) is 22.8. The topological polar surface area (TPSA) is 0 Å². The van der Waals surface area contributed by atoms with Gasteiger partial charge in [0.15, 0.2) is 0 Å². The summed E-state index contributed by atoms with van der Waals surface area (Å²) < 4.78 is 0. The van der Waals surface area contributed by atoms with E-state index in [1.807, 2.05) is 0 Å². The summed E-state index contributed by atoms with van der Waals surface area (Å²) in [5.41, 5.74) is 4.34. The molecule has 0 aliphatic carbocycles. The van der Waals surface area contributed by atoms with Crippen LogP contribution >= 0.6 is 0 Å². The Kier molecular flexibility index (Phi) is 7.62. The third-order valence-electron chi connectivity index (χ3n) is 8.03. The van der Waals surface area contributed by atoms with Crippen LogP contribution in [0, 0.1) is 13.8 Å². The zero-order chi connectivity index (χ0) is 24.2. The van der Waals surface area contributed by atoms with Crippen LogP contribution in [0.2, 0.25) is 0 Å². The number of aryl methyl sites for hydroxylation is 2. The van der Waals surface area contributed by atoms with E-state index in [1.165, 1.54) is 59.8 Å². The predicted octanol–water partition coefficient (Wildman–Crippen LogP) is 1.49. The van der Waals surface area contributed by atoms with Crippen LogP contribution in [0.25, 0.3) is 43.1 Å². The molecule has 7 rings (SSSR count). The first kappa shape index (κ1) is 26.8. The Morgan fingerprint density at radius 3 is 1.47 bits per heavy atom. The maximum absolute atomic E-state index is 2.43. The van der Waals surface area contributed by atoms with E-state index >= 15 is 0 Å². The SMILES string of the molecule is Cc1[cH-]c2ccc3ccccc3c2c1[SiH](Cc1ccccc1)c1c(C)[cH-]c2ccc3ccccc3c12.[Li+].[Li+]. The molecule has 0 saturated heterocycles. The number of hydrogen-bond donors (Lipinski definition) is 0. The summed E-state index contributed by atoms with van der Waals surface area (Å²) in [6.45, 7) is 4.68. The summed E-state index contributed by atoms with van der Waals surface area (Å²) in [6.07, 6.45) is 0. The molecular formula is C35H28Li2Si. The molecule has 0 aliphatic heterocycles. The standard InChI is InChI=1S/C35H28Si.2Li/c1-23-20-28-18-16-26-12-6-8-14-30(26)32(28)34(23)36(22-25-10-4-3-5-11-25)35-24(2)21-29-19-17-27-13-7-9-15-31(27)33(29)35;;/h3-21,36H,22H2,1-2H3;;/q-2;2*+1. The Balaban J connectivity index is 0.00000147. The molecule has 0 unspecified atom stereocenters. The van der Waals surface area contributed by atoms with Gasteiger partial charge in [0.1, 0.15) is 0 Å². The quantitative estimate of drug-likeness (QED) is 0.259. The Morgan fingerprint density at radius 1 is 0.526 bits per heavy atom. The first-order valence-corrected chi connectivity index (χ1v) is 14.9. The second-order valence-electron chi connectivity index (χ2n) is 10.2. The van der Waals surface area contributed by atoms with Crippen molar-refractivity contribution in [1.29, 1.82) is 0 Å². The zero-order valence-corrected chi connectivity index (χ0v) is 23.9. The van der Waals surface area contributed by atoms with Crippen LogP contribution in [0.15, 0.2) is 115 Å². The fourth-order valence-corrected chi connectivity index (χ4v) is 10.6. The van der Waals surface area contributed by atoms with Crippen LogP contribution in [0.5, 0.6) is 0 Å². The van der Waals surface area contributed by atoms with Gasteiger partial charge in [-0.05, 0) is 25.6 Å². The van der Waals surface area contributed by atoms with Gasteiger partial charge in [-0.1, -0.05) is 121 Å². The van der Waals surface area contributed by atoms with Gasteiger partial charge in [0.05, 0.1) is 0 Å². The van der Waals surface area contributed by atoms with Gasteiger partial charge in [-0.15, -0.1) is 56.9 Å². The van der Waals surface area contributed by atoms with E-state index in [-0.39, 0.29) is 37.7 Å². The van der Waals surface area contributed by atoms with Crippen molar-refractivity contribution in [2.24, 2.45) is 0 Å². The molecule has 174 valence electrons. The predicted molar refractivity (Wildman–Crippen MR) is 160 cm³/mol. The summed E-state index contributed by atoms with van der Waals surface area (Å²) >= 11 is 0. The molecule has 7 aromatic carbocycles. The van der Waals surface area contributed by atoms with Gasteiger partial charge in [0.2, 0.25) is 0 Å². The minimum Gasteiger partial charge on any atom is -0.160 e. The van der Waals surface area contributed by atoms with E-state index < -0.39 is 8.80 Å². The molecule has 38 heavy (non-hydrogen) atoms. The molecule has 0 radical (unpaired) electrons. The van der Waals surface area contributed by atoms with E-state index in [2.05, 4.69) is 129 Å². The molecule has 0 bridgehead atoms. The second-order valence-corrected chi connectivity index (χ2v) is 12.9. The molecule has 0 N–H and O–H groups in total. The molecule has 0 saturated carbocycles. The molecule has 0 spiro atoms. The Bertz CT molecular complexity index is 1770. The van der Waals surface area contributed by atoms with Crippen molar-refractivity contribution in [2.75, 3.05) is 0 Å². The minimum absolute atomic E-state index is 0. The molecule has 0 atom stereocenters. The van der Waals surface area contributed by atoms with Crippen molar-refractivity contribution in [1.82, 2.24) is 0 Å². The summed E-state index contributed by atoms with van der Waals surface area (Å²) in [7, 11) is -1.67. The van der Waals surface area contributed by atoms with Crippen LogP contribution in [0.1, 0.15) is 16.7 Å². The Labute approximate surface area is 250 Å². The smallest absolute Gasteiger partial charge is 0.160 e. The molecule has 0 fully saturated rings. The van der Waals surface area contributed by atoms with E-state index in [9.17, 15) is 0 Å². The average molecular weight is 491 g/mol. The van der Waals surface area contributed by atoms with Crippen molar-refractivity contribution < 1.29 is 37.7 Å². The summed E-state index contributed by atoms with van der Waals surface area (Å²) in [6, 6.07) is 44.2. The van der Waals surface area contributed by atoms with Crippen LogP contribution < -0.4 is 48.1 Å². The maximum Gasteiger partial charge on any atom is 1.00 e. The van der Waals surface area contributed by atoms with Gasteiger partial charge in [-0.25, -0.2) is 0 Å². The number of benzene rings is 5. The van der Waals surface area contributed by atoms with Gasteiger partial charge in [-0.3, -0.25) is 0 Å². The van der Waals surface area contributed by atoms with Crippen molar-refractivity contribution in [2.45, 2.75) is 19.9 Å². The van der Waals surface area contributed by atoms with E-state index in [4.69, 9.17) is 0 Å². The van der Waals surface area contributed by atoms with Gasteiger partial charge in [0.25, 0.3) is 0 Å². The first-order chi connectivity index (χ1) is 17.7. The maximum atomic E-state index is 2.43. The van der Waals surface area contributed by atoms with Gasteiger partial charge < -0.3 is 0 Å². The van der Waals surface area contributed by atoms with E-state index in [0.29, 0.717) is 0 Å². The van der Waals surface area contributed by atoms with Gasteiger partial charge >= 0.3 is 37.7 Å². The summed E-state index contributed by atoms with van der Waals surface area (Å²) in [5.74, 6) is 0. The van der Waals surface area contributed by atoms with Crippen molar-refractivity contribution >= 4 is 62.3 Å². The second kappa shape index (κ2) is 10.8. The molecule has 7 aromatic rings. The fourth-order valence-electron chi connectivity index (χ4n) is 6.53. The largest absolute Gasteiger partial charge is 1.00 e. The average Bonchev–Trinajstić information content (AvgIpc) is 3.44. The monoisotopic (exact) mass is 490 g/mol. The first-order valence-electron chi connectivity index (χ1n) is 12.9. The van der Waals surface area contributed by atoms with Crippen LogP contribution in [0.4, 0.5) is 0 Å². The van der Waals surface area contributed by atoms with Gasteiger partial charge in [-0.2, -0.15) is 10.4 Å². The third kappa shape index (κ3) is 4.34. The van der Waals surface area contributed by atoms with E-state index in [0.717, 1.165) is 6.04 Å². The molecule has 0 aliphatic rings. The van der Waals surface area contributed by atoms with Crippen molar-refractivity contribution in [3.8, 4) is 0 Å². The van der Waals surface area contributed by atoms with Crippen LogP contribution in [-0.4, -0.2) is 8.80 Å². The minimum atomic E-state index is -1.67. The number of hydrogen-bond acceptors (Lipinski definition) is 0. The fraction of sp³-hybridized carbons (Fsp3) is 0.0857. The van der Waals surface area contributed by atoms with Crippen LogP contribution in [0.3, 0.4) is 0 Å². The molecule has 0 nitrogen and oxygen atoms in total.